The van der Waals surface area contributed by atoms with Crippen molar-refractivity contribution in [3.8, 4) is 5.69 Å². The minimum atomic E-state index is 0.0268. The Morgan fingerprint density at radius 1 is 1.21 bits per heavy atom. The van der Waals surface area contributed by atoms with E-state index in [1.165, 1.54) is 12.8 Å². The lowest BCUT2D eigenvalue weighted by atomic mass is 10.1. The lowest BCUT2D eigenvalue weighted by molar-refractivity contribution is 0.0938. The molecule has 0 spiro atoms. The largest absolute Gasteiger partial charge is 0.349 e. The smallest absolute Gasteiger partial charge is 0.251 e. The Kier molecular flexibility index (Phi) is 3.31. The molecule has 1 saturated carbocycles. The molecule has 1 fully saturated rings. The average molecular weight is 255 g/mol. The van der Waals surface area contributed by atoms with Gasteiger partial charge in [-0.3, -0.25) is 4.79 Å². The van der Waals surface area contributed by atoms with Gasteiger partial charge >= 0.3 is 0 Å². The molecule has 1 aliphatic rings. The number of hydrogen-bond acceptors (Lipinski definition) is 2. The normalized spacial score (nSPS) is 15.6. The molecule has 1 aliphatic carbocycles. The van der Waals surface area contributed by atoms with Crippen LogP contribution in [0.15, 0.2) is 42.7 Å². The van der Waals surface area contributed by atoms with Crippen LogP contribution in [0.1, 0.15) is 36.0 Å². The molecule has 1 N–H and O–H groups in total. The van der Waals surface area contributed by atoms with Gasteiger partial charge in [0.1, 0.15) is 0 Å². The van der Waals surface area contributed by atoms with Crippen molar-refractivity contribution in [2.75, 3.05) is 0 Å². The van der Waals surface area contributed by atoms with E-state index in [0.717, 1.165) is 18.5 Å². The van der Waals surface area contributed by atoms with E-state index in [4.69, 9.17) is 0 Å². The fourth-order valence-electron chi connectivity index (χ4n) is 2.53. The van der Waals surface area contributed by atoms with Crippen molar-refractivity contribution in [3.05, 3.63) is 48.3 Å². The van der Waals surface area contributed by atoms with Crippen molar-refractivity contribution in [1.82, 2.24) is 15.1 Å². The molecule has 3 rings (SSSR count). The van der Waals surface area contributed by atoms with Crippen LogP contribution in [0.25, 0.3) is 5.69 Å². The zero-order valence-electron chi connectivity index (χ0n) is 10.7. The first-order valence-corrected chi connectivity index (χ1v) is 6.74. The average Bonchev–Trinajstić information content (AvgIpc) is 3.12. The van der Waals surface area contributed by atoms with Gasteiger partial charge in [-0.25, -0.2) is 4.68 Å². The summed E-state index contributed by atoms with van der Waals surface area (Å²) in [6, 6.07) is 9.76. The second kappa shape index (κ2) is 5.26. The van der Waals surface area contributed by atoms with Gasteiger partial charge in [-0.15, -0.1) is 0 Å². The number of hydrogen-bond donors (Lipinski definition) is 1. The van der Waals surface area contributed by atoms with Crippen LogP contribution >= 0.6 is 0 Å². The quantitative estimate of drug-likeness (QED) is 0.916. The Morgan fingerprint density at radius 2 is 1.95 bits per heavy atom. The maximum absolute atomic E-state index is 12.1. The Hall–Kier alpha value is -2.10. The lowest BCUT2D eigenvalue weighted by Crippen LogP contribution is -2.32. The molecule has 1 heterocycles. The molecule has 98 valence electrons. The molecule has 19 heavy (non-hydrogen) atoms. The lowest BCUT2D eigenvalue weighted by Gasteiger charge is -2.12. The van der Waals surface area contributed by atoms with Crippen molar-refractivity contribution < 1.29 is 4.79 Å². The van der Waals surface area contributed by atoms with Crippen LogP contribution in [0.2, 0.25) is 0 Å². The van der Waals surface area contributed by atoms with Crippen molar-refractivity contribution in [2.24, 2.45) is 0 Å². The summed E-state index contributed by atoms with van der Waals surface area (Å²) in [5, 5.41) is 7.25. The number of rotatable bonds is 3. The van der Waals surface area contributed by atoms with Crippen LogP contribution in [0.3, 0.4) is 0 Å². The second-order valence-electron chi connectivity index (χ2n) is 4.95. The van der Waals surface area contributed by atoms with E-state index in [9.17, 15) is 4.79 Å². The standard InChI is InChI=1S/C15H17N3O/c19-15(17-13-4-1-2-5-13)12-6-8-14(9-7-12)18-11-3-10-16-18/h3,6-11,13H,1-2,4-5H2,(H,17,19). The first kappa shape index (κ1) is 12.0. The summed E-state index contributed by atoms with van der Waals surface area (Å²) in [6.45, 7) is 0. The van der Waals surface area contributed by atoms with E-state index in [1.807, 2.05) is 36.5 Å². The summed E-state index contributed by atoms with van der Waals surface area (Å²) in [4.78, 5) is 12.1. The maximum atomic E-state index is 12.1. The summed E-state index contributed by atoms with van der Waals surface area (Å²) in [5.41, 5.74) is 1.67. The van der Waals surface area contributed by atoms with Gasteiger partial charge in [0.05, 0.1) is 5.69 Å². The highest BCUT2D eigenvalue weighted by atomic mass is 16.1. The molecule has 0 atom stereocenters. The van der Waals surface area contributed by atoms with Crippen LogP contribution < -0.4 is 5.32 Å². The van der Waals surface area contributed by atoms with Crippen LogP contribution in [0, 0.1) is 0 Å². The monoisotopic (exact) mass is 255 g/mol. The summed E-state index contributed by atoms with van der Waals surface area (Å²) in [7, 11) is 0. The summed E-state index contributed by atoms with van der Waals surface area (Å²) in [5.74, 6) is 0.0268. The Balaban J connectivity index is 1.69. The van der Waals surface area contributed by atoms with Crippen molar-refractivity contribution in [2.45, 2.75) is 31.7 Å². The van der Waals surface area contributed by atoms with Crippen molar-refractivity contribution in [1.29, 1.82) is 0 Å². The van der Waals surface area contributed by atoms with E-state index in [-0.39, 0.29) is 5.91 Å². The number of amides is 1. The van der Waals surface area contributed by atoms with Gasteiger partial charge in [0, 0.05) is 24.0 Å². The summed E-state index contributed by atoms with van der Waals surface area (Å²) in [6.07, 6.45) is 8.29. The van der Waals surface area contributed by atoms with Gasteiger partial charge in [0.2, 0.25) is 0 Å². The zero-order valence-corrected chi connectivity index (χ0v) is 10.7. The Bertz CT molecular complexity index is 539. The minimum absolute atomic E-state index is 0.0268. The molecule has 0 aliphatic heterocycles. The van der Waals surface area contributed by atoms with Gasteiger partial charge in [0.15, 0.2) is 0 Å². The number of carbonyl (C=O) groups excluding carboxylic acids is 1. The van der Waals surface area contributed by atoms with E-state index < -0.39 is 0 Å². The predicted octanol–water partition coefficient (Wildman–Crippen LogP) is 2.54. The zero-order chi connectivity index (χ0) is 13.1. The first-order chi connectivity index (χ1) is 9.33. The third-order valence-corrected chi connectivity index (χ3v) is 3.59. The molecular weight excluding hydrogens is 238 g/mol. The summed E-state index contributed by atoms with van der Waals surface area (Å²) < 4.78 is 1.78. The Labute approximate surface area is 112 Å². The second-order valence-corrected chi connectivity index (χ2v) is 4.95. The van der Waals surface area contributed by atoms with Gasteiger partial charge in [-0.1, -0.05) is 12.8 Å². The topological polar surface area (TPSA) is 46.9 Å². The van der Waals surface area contributed by atoms with Crippen LogP contribution in [0.4, 0.5) is 0 Å². The molecule has 0 unspecified atom stereocenters. The van der Waals surface area contributed by atoms with Gasteiger partial charge in [0.25, 0.3) is 5.91 Å². The summed E-state index contributed by atoms with van der Waals surface area (Å²) >= 11 is 0. The van der Waals surface area contributed by atoms with Crippen LogP contribution in [0.5, 0.6) is 0 Å². The number of benzene rings is 1. The highest BCUT2D eigenvalue weighted by molar-refractivity contribution is 5.94. The Morgan fingerprint density at radius 3 is 2.58 bits per heavy atom. The number of carbonyl (C=O) groups is 1. The van der Waals surface area contributed by atoms with Gasteiger partial charge in [-0.05, 0) is 43.2 Å². The van der Waals surface area contributed by atoms with E-state index in [2.05, 4.69) is 10.4 Å². The number of nitrogens with zero attached hydrogens (tertiary/aromatic N) is 2. The molecule has 2 aromatic rings. The maximum Gasteiger partial charge on any atom is 0.251 e. The number of nitrogens with one attached hydrogen (secondary N) is 1. The van der Waals surface area contributed by atoms with E-state index >= 15 is 0 Å². The van der Waals surface area contributed by atoms with Gasteiger partial charge < -0.3 is 5.32 Å². The van der Waals surface area contributed by atoms with Gasteiger partial charge in [-0.2, -0.15) is 5.10 Å². The van der Waals surface area contributed by atoms with Crippen LogP contribution in [-0.2, 0) is 0 Å². The van der Waals surface area contributed by atoms with Crippen molar-refractivity contribution >= 4 is 5.91 Å². The minimum Gasteiger partial charge on any atom is -0.349 e. The number of aromatic nitrogens is 2. The molecule has 0 radical (unpaired) electrons. The molecular formula is C15H17N3O. The fourth-order valence-corrected chi connectivity index (χ4v) is 2.53. The van der Waals surface area contributed by atoms with Crippen LogP contribution in [-0.4, -0.2) is 21.7 Å². The highest BCUT2D eigenvalue weighted by Gasteiger charge is 2.17. The SMILES string of the molecule is O=C(NC1CCCC1)c1ccc(-n2cccn2)cc1. The van der Waals surface area contributed by atoms with Crippen molar-refractivity contribution in [3.63, 3.8) is 0 Å². The predicted molar refractivity (Wildman–Crippen MR) is 73.3 cm³/mol. The molecule has 4 nitrogen and oxygen atoms in total. The molecule has 0 saturated heterocycles. The third kappa shape index (κ3) is 2.67. The molecule has 1 aromatic carbocycles. The molecule has 1 aromatic heterocycles. The fraction of sp³-hybridized carbons (Fsp3) is 0.333. The first-order valence-electron chi connectivity index (χ1n) is 6.74. The molecule has 4 heteroatoms. The molecule has 0 bridgehead atoms. The third-order valence-electron chi connectivity index (χ3n) is 3.59. The van der Waals surface area contributed by atoms with E-state index in [0.29, 0.717) is 11.6 Å². The van der Waals surface area contributed by atoms with E-state index in [1.54, 1.807) is 10.9 Å². The highest BCUT2D eigenvalue weighted by Crippen LogP contribution is 2.18. The molecule has 1 amide bonds.